The highest BCUT2D eigenvalue weighted by atomic mass is 16.3. The van der Waals surface area contributed by atoms with Crippen LogP contribution in [0.3, 0.4) is 0 Å². The highest BCUT2D eigenvalue weighted by molar-refractivity contribution is 6.27. The van der Waals surface area contributed by atoms with Crippen LogP contribution in [0.25, 0.3) is 197 Å². The Morgan fingerprint density at radius 2 is 0.650 bits per heavy atom. The molecule has 1 unspecified atom stereocenters. The van der Waals surface area contributed by atoms with Gasteiger partial charge in [0.15, 0.2) is 0 Å². The molecule has 0 spiro atoms. The maximum atomic E-state index is 7.29. The second-order valence-corrected chi connectivity index (χ2v) is 29.0. The Morgan fingerprint density at radius 3 is 1.23 bits per heavy atom. The van der Waals surface area contributed by atoms with Crippen LogP contribution >= 0.6 is 0 Å². The zero-order chi connectivity index (χ0) is 65.9. The Balaban J connectivity index is 0.753. The normalized spacial score (nSPS) is 14.7. The molecule has 0 bridgehead atoms. The maximum Gasteiger partial charge on any atom is 0.143 e. The van der Waals surface area contributed by atoms with Gasteiger partial charge in [0.25, 0.3) is 0 Å². The monoisotopic (exact) mass is 1270 g/mol. The van der Waals surface area contributed by atoms with E-state index in [0.29, 0.717) is 0 Å². The molecule has 1 atom stereocenters. The summed E-state index contributed by atoms with van der Waals surface area (Å²) in [5.41, 5.74) is 24.4. The molecule has 2 heterocycles. The Hall–Kier alpha value is -12.4. The van der Waals surface area contributed by atoms with Crippen molar-refractivity contribution in [3.05, 3.63) is 337 Å². The average Bonchev–Trinajstić information content (AvgIpc) is 1.53. The Bertz CT molecular complexity index is 6930. The number of furan rings is 2. The number of fused-ring (bicyclic) bond motifs is 25. The zero-order valence-corrected chi connectivity index (χ0v) is 55.5. The SMILES string of the molecule is CC1(C)c2ccc(-c3c4ccccc4c(-c4ccc5ccccc5c4)c4ccccc34)cc2-c2c1c1c3ccccc3oc1c1cc(CC3(C)c4cc(-c5c6ccccc6c(-c6ccc7ccccc7c6)c6ccccc56)ccc4-c4c3ccc3c4ccc4c5ccccc5oc34)ccc21. The van der Waals surface area contributed by atoms with E-state index < -0.39 is 5.41 Å². The van der Waals surface area contributed by atoms with Crippen molar-refractivity contribution in [2.75, 3.05) is 0 Å². The lowest BCUT2D eigenvalue weighted by atomic mass is 9.74. The van der Waals surface area contributed by atoms with Crippen LogP contribution in [0.1, 0.15) is 48.6 Å². The van der Waals surface area contributed by atoms with Gasteiger partial charge in [-0.05, 0) is 225 Å². The number of hydrogen-bond donors (Lipinski definition) is 0. The number of para-hydroxylation sites is 2. The van der Waals surface area contributed by atoms with Gasteiger partial charge in [-0.1, -0.05) is 282 Å². The van der Waals surface area contributed by atoms with Crippen molar-refractivity contribution in [2.45, 2.75) is 38.0 Å². The van der Waals surface area contributed by atoms with E-state index in [2.05, 4.69) is 330 Å². The minimum Gasteiger partial charge on any atom is -0.455 e. The molecule has 0 fully saturated rings. The van der Waals surface area contributed by atoms with Gasteiger partial charge >= 0.3 is 0 Å². The molecule has 20 aromatic rings. The van der Waals surface area contributed by atoms with Gasteiger partial charge in [0.05, 0.1) is 0 Å². The summed E-state index contributed by atoms with van der Waals surface area (Å²) in [6.45, 7) is 7.37. The summed E-state index contributed by atoms with van der Waals surface area (Å²) in [5.74, 6) is 0. The first-order valence-corrected chi connectivity index (χ1v) is 35.2. The van der Waals surface area contributed by atoms with Crippen LogP contribution in [0.4, 0.5) is 0 Å². The van der Waals surface area contributed by atoms with Crippen LogP contribution in [0.2, 0.25) is 0 Å². The van der Waals surface area contributed by atoms with Crippen LogP contribution in [-0.4, -0.2) is 0 Å². The smallest absolute Gasteiger partial charge is 0.143 e. The summed E-state index contributed by atoms with van der Waals surface area (Å²) in [7, 11) is 0. The molecule has 0 saturated carbocycles. The summed E-state index contributed by atoms with van der Waals surface area (Å²) in [5, 5.41) is 24.2. The Kier molecular flexibility index (Phi) is 11.4. The minimum atomic E-state index is -0.482. The van der Waals surface area contributed by atoms with E-state index in [0.717, 1.165) is 55.7 Å². The van der Waals surface area contributed by atoms with Gasteiger partial charge in [0.2, 0.25) is 0 Å². The molecule has 0 N–H and O–H groups in total. The standard InChI is InChI=1S/C98H62O2/c1-97(2)82-48-42-63(89-70-29-12-8-25-66(70)87(67-26-9-13-30-71(67)89)61-39-37-57-20-4-6-22-59(57)51-61)53-81(82)92-75-43-36-56(50-80(75)96-93(94(92)97)79-33-17-19-35-86(79)100-96)55-98(3)83-49-47-77-74(45-46-76-65-24-16-18-34-85(65)99-95(76)77)91(83)78-44-41-64(54-84(78)98)90-72-31-14-10-27-68(72)88(69-28-11-15-32-73(69)90)62-40-38-58-21-5-7-23-60(58)52-62/h4-54H,55H2,1-3H3. The van der Waals surface area contributed by atoms with Crippen LogP contribution in [0.15, 0.2) is 318 Å². The van der Waals surface area contributed by atoms with Gasteiger partial charge in [-0.25, -0.2) is 0 Å². The number of hydrogen-bond acceptors (Lipinski definition) is 2. The lowest BCUT2D eigenvalue weighted by molar-refractivity contribution is 0.584. The third-order valence-electron chi connectivity index (χ3n) is 23.4. The highest BCUT2D eigenvalue weighted by Gasteiger charge is 2.43. The lowest BCUT2D eigenvalue weighted by Gasteiger charge is -2.29. The molecular formula is C98H62O2. The third-order valence-corrected chi connectivity index (χ3v) is 23.4. The average molecular weight is 1270 g/mol. The van der Waals surface area contributed by atoms with Gasteiger partial charge in [-0.15, -0.1) is 0 Å². The van der Waals surface area contributed by atoms with Crippen LogP contribution in [0, 0.1) is 0 Å². The second kappa shape index (κ2) is 20.4. The summed E-state index contributed by atoms with van der Waals surface area (Å²) >= 11 is 0. The van der Waals surface area contributed by atoms with Gasteiger partial charge in [0, 0.05) is 43.1 Å². The summed E-state index contributed by atoms with van der Waals surface area (Å²) in [6, 6.07) is 116. The first-order valence-electron chi connectivity index (χ1n) is 35.2. The fraction of sp³-hybridized carbons (Fsp3) is 0.0612. The van der Waals surface area contributed by atoms with Crippen molar-refractivity contribution >= 4 is 130 Å². The summed E-state index contributed by atoms with van der Waals surface area (Å²) < 4.78 is 14.1. The first-order chi connectivity index (χ1) is 49.2. The second-order valence-electron chi connectivity index (χ2n) is 29.0. The van der Waals surface area contributed by atoms with Crippen molar-refractivity contribution in [1.29, 1.82) is 0 Å². The molecule has 2 heteroatoms. The summed E-state index contributed by atoms with van der Waals surface area (Å²) in [4.78, 5) is 0. The number of rotatable bonds is 6. The Labute approximate surface area is 577 Å². The largest absolute Gasteiger partial charge is 0.455 e. The molecule has 18 aromatic carbocycles. The van der Waals surface area contributed by atoms with Crippen molar-refractivity contribution in [3.8, 4) is 66.8 Å². The van der Waals surface area contributed by atoms with Crippen LogP contribution < -0.4 is 0 Å². The van der Waals surface area contributed by atoms with E-state index >= 15 is 0 Å². The van der Waals surface area contributed by atoms with E-state index in [-0.39, 0.29) is 5.41 Å². The molecule has 2 aliphatic carbocycles. The molecule has 22 rings (SSSR count). The molecule has 0 amide bonds. The van der Waals surface area contributed by atoms with E-state index in [9.17, 15) is 0 Å². The van der Waals surface area contributed by atoms with Crippen molar-refractivity contribution in [3.63, 3.8) is 0 Å². The van der Waals surface area contributed by atoms with E-state index in [1.54, 1.807) is 0 Å². The van der Waals surface area contributed by atoms with Crippen molar-refractivity contribution < 1.29 is 8.83 Å². The predicted octanol–water partition coefficient (Wildman–Crippen LogP) is 27.2. The predicted molar refractivity (Wildman–Crippen MR) is 422 cm³/mol. The fourth-order valence-corrected chi connectivity index (χ4v) is 19.0. The summed E-state index contributed by atoms with van der Waals surface area (Å²) in [6.07, 6.45) is 0.744. The van der Waals surface area contributed by atoms with Gasteiger partial charge in [0.1, 0.15) is 22.3 Å². The van der Waals surface area contributed by atoms with E-state index in [4.69, 9.17) is 8.83 Å². The highest BCUT2D eigenvalue weighted by Crippen LogP contribution is 2.60. The minimum absolute atomic E-state index is 0.350. The lowest BCUT2D eigenvalue weighted by Crippen LogP contribution is -2.24. The zero-order valence-electron chi connectivity index (χ0n) is 55.5. The Morgan fingerprint density at radius 1 is 0.250 bits per heavy atom. The first kappa shape index (κ1) is 55.7. The quantitative estimate of drug-likeness (QED) is 0.155. The molecule has 0 aliphatic heterocycles. The van der Waals surface area contributed by atoms with Crippen LogP contribution in [0.5, 0.6) is 0 Å². The molecule has 0 radical (unpaired) electrons. The topological polar surface area (TPSA) is 26.3 Å². The molecule has 2 aromatic heterocycles. The van der Waals surface area contributed by atoms with E-state index in [1.807, 2.05) is 0 Å². The van der Waals surface area contributed by atoms with Crippen LogP contribution in [-0.2, 0) is 17.3 Å². The van der Waals surface area contributed by atoms with Gasteiger partial charge in [-0.3, -0.25) is 0 Å². The molecule has 0 saturated heterocycles. The van der Waals surface area contributed by atoms with Gasteiger partial charge < -0.3 is 8.83 Å². The fourth-order valence-electron chi connectivity index (χ4n) is 19.0. The molecule has 2 nitrogen and oxygen atoms in total. The molecule has 100 heavy (non-hydrogen) atoms. The molecule has 466 valence electrons. The van der Waals surface area contributed by atoms with Crippen molar-refractivity contribution in [1.82, 2.24) is 0 Å². The molecule has 2 aliphatic rings. The maximum absolute atomic E-state index is 7.29. The van der Waals surface area contributed by atoms with Gasteiger partial charge in [-0.2, -0.15) is 0 Å². The molecular weight excluding hydrogens is 1210 g/mol. The third kappa shape index (κ3) is 7.63. The number of benzene rings is 18. The van der Waals surface area contributed by atoms with Crippen molar-refractivity contribution in [2.24, 2.45) is 0 Å². The van der Waals surface area contributed by atoms with E-state index in [1.165, 1.54) is 175 Å².